The van der Waals surface area contributed by atoms with Gasteiger partial charge in [0.25, 0.3) is 5.91 Å². The van der Waals surface area contributed by atoms with E-state index in [4.69, 9.17) is 9.47 Å². The van der Waals surface area contributed by atoms with Crippen molar-refractivity contribution in [3.63, 3.8) is 0 Å². The van der Waals surface area contributed by atoms with Crippen molar-refractivity contribution in [2.24, 2.45) is 5.92 Å². The third-order valence-corrected chi connectivity index (χ3v) is 4.57. The van der Waals surface area contributed by atoms with Gasteiger partial charge in [-0.1, -0.05) is 0 Å². The third-order valence-electron chi connectivity index (χ3n) is 3.75. The second kappa shape index (κ2) is 7.57. The fourth-order valence-corrected chi connectivity index (χ4v) is 3.02. The summed E-state index contributed by atoms with van der Waals surface area (Å²) in [5, 5.41) is 5.97. The van der Waals surface area contributed by atoms with E-state index >= 15 is 0 Å². The fraction of sp³-hybridized carbons (Fsp3) is 0.412. The number of benzene rings is 1. The zero-order valence-electron chi connectivity index (χ0n) is 13.1. The van der Waals surface area contributed by atoms with Crippen LogP contribution in [0.2, 0.25) is 0 Å². The van der Waals surface area contributed by atoms with Gasteiger partial charge in [0.15, 0.2) is 0 Å². The number of hydrogen-bond donors (Lipinski definition) is 1. The molecule has 0 spiro atoms. The number of nitrogens with zero attached hydrogens (tertiary/aromatic N) is 1. The van der Waals surface area contributed by atoms with Crippen molar-refractivity contribution in [1.82, 2.24) is 10.3 Å². The number of rotatable bonds is 6. The minimum atomic E-state index is -0.0569. The maximum Gasteiger partial charge on any atom is 0.251 e. The highest BCUT2D eigenvalue weighted by Crippen LogP contribution is 2.16. The quantitative estimate of drug-likeness (QED) is 0.884. The van der Waals surface area contributed by atoms with Crippen LogP contribution in [0, 0.1) is 12.8 Å². The number of hydrogen-bond acceptors (Lipinski definition) is 5. The van der Waals surface area contributed by atoms with E-state index in [1.807, 2.05) is 24.4 Å². The summed E-state index contributed by atoms with van der Waals surface area (Å²) in [6.45, 7) is 4.62. The molecule has 1 N–H and O–H groups in total. The highest BCUT2D eigenvalue weighted by atomic mass is 32.1. The molecular formula is C17H20N2O3S. The zero-order chi connectivity index (χ0) is 16.1. The predicted molar refractivity (Wildman–Crippen MR) is 88.9 cm³/mol. The number of aryl methyl sites for hydroxylation is 1. The molecule has 6 heteroatoms. The molecule has 1 amide bonds. The average molecular weight is 332 g/mol. The van der Waals surface area contributed by atoms with E-state index in [9.17, 15) is 4.79 Å². The maximum absolute atomic E-state index is 12.1. The summed E-state index contributed by atoms with van der Waals surface area (Å²) >= 11 is 1.61. The van der Waals surface area contributed by atoms with Crippen LogP contribution >= 0.6 is 11.3 Å². The van der Waals surface area contributed by atoms with Crippen LogP contribution in [0.15, 0.2) is 29.6 Å². The first kappa shape index (κ1) is 16.0. The van der Waals surface area contributed by atoms with Crippen LogP contribution < -0.4 is 10.1 Å². The molecular weight excluding hydrogens is 312 g/mol. The number of aromatic nitrogens is 1. The number of amides is 1. The van der Waals surface area contributed by atoms with E-state index < -0.39 is 0 Å². The molecule has 1 aromatic heterocycles. The number of thiazole rings is 1. The molecule has 0 bridgehead atoms. The number of carbonyl (C=O) groups excluding carboxylic acids is 1. The molecule has 1 atom stereocenters. The molecule has 5 nitrogen and oxygen atoms in total. The van der Waals surface area contributed by atoms with Crippen LogP contribution in [0.1, 0.15) is 27.5 Å². The average Bonchev–Trinajstić information content (AvgIpc) is 3.22. The summed E-state index contributed by atoms with van der Waals surface area (Å²) in [7, 11) is 0. The van der Waals surface area contributed by atoms with Gasteiger partial charge < -0.3 is 14.8 Å². The van der Waals surface area contributed by atoms with Gasteiger partial charge in [0.05, 0.1) is 17.3 Å². The number of nitrogens with one attached hydrogen (secondary N) is 1. The molecule has 122 valence electrons. The Morgan fingerprint density at radius 3 is 2.91 bits per heavy atom. The van der Waals surface area contributed by atoms with Crippen LogP contribution in [0.4, 0.5) is 0 Å². The lowest BCUT2D eigenvalue weighted by Gasteiger charge is -2.10. The highest BCUT2D eigenvalue weighted by molar-refractivity contribution is 7.09. The molecule has 3 rings (SSSR count). The van der Waals surface area contributed by atoms with Gasteiger partial charge in [-0.05, 0) is 37.6 Å². The van der Waals surface area contributed by atoms with Crippen LogP contribution in [-0.4, -0.2) is 30.6 Å². The van der Waals surface area contributed by atoms with Crippen LogP contribution in [0.3, 0.4) is 0 Å². The molecule has 2 aromatic rings. The van der Waals surface area contributed by atoms with Gasteiger partial charge in [-0.3, -0.25) is 4.79 Å². The van der Waals surface area contributed by atoms with Crippen molar-refractivity contribution in [3.05, 3.63) is 45.9 Å². The molecule has 0 unspecified atom stereocenters. The van der Waals surface area contributed by atoms with Crippen molar-refractivity contribution in [2.45, 2.75) is 20.0 Å². The molecule has 23 heavy (non-hydrogen) atoms. The standard InChI is InChI=1S/C17H20N2O3S/c1-12-19-15(11-23-12)10-22-16-4-2-14(3-5-16)17(20)18-8-13-6-7-21-9-13/h2-5,11,13H,6-10H2,1H3,(H,18,20)/t13-/m0/s1. The number of ether oxygens (including phenoxy) is 2. The van der Waals surface area contributed by atoms with Crippen molar-refractivity contribution in [2.75, 3.05) is 19.8 Å². The van der Waals surface area contributed by atoms with Crippen molar-refractivity contribution < 1.29 is 14.3 Å². The van der Waals surface area contributed by atoms with Gasteiger partial charge >= 0.3 is 0 Å². The Kier molecular flexibility index (Phi) is 5.25. The van der Waals surface area contributed by atoms with Gasteiger partial charge in [-0.25, -0.2) is 4.98 Å². The monoisotopic (exact) mass is 332 g/mol. The second-order valence-corrected chi connectivity index (χ2v) is 6.67. The molecule has 1 aromatic carbocycles. The second-order valence-electron chi connectivity index (χ2n) is 5.61. The van der Waals surface area contributed by atoms with Crippen LogP contribution in [0.25, 0.3) is 0 Å². The molecule has 0 saturated carbocycles. The summed E-state index contributed by atoms with van der Waals surface area (Å²) < 4.78 is 11.0. The Hall–Kier alpha value is -1.92. The van der Waals surface area contributed by atoms with E-state index in [-0.39, 0.29) is 5.91 Å². The molecule has 1 fully saturated rings. The first-order valence-electron chi connectivity index (χ1n) is 7.70. The van der Waals surface area contributed by atoms with Gasteiger partial charge in [0.2, 0.25) is 0 Å². The minimum Gasteiger partial charge on any atom is -0.487 e. The summed E-state index contributed by atoms with van der Waals surface area (Å²) in [6, 6.07) is 7.18. The molecule has 0 aliphatic carbocycles. The minimum absolute atomic E-state index is 0.0569. The molecule has 1 aliphatic rings. The fourth-order valence-electron chi connectivity index (χ4n) is 2.42. The maximum atomic E-state index is 12.1. The molecule has 2 heterocycles. The van der Waals surface area contributed by atoms with Crippen LogP contribution in [0.5, 0.6) is 5.75 Å². The Balaban J connectivity index is 1.48. The SMILES string of the molecule is Cc1nc(COc2ccc(C(=O)NC[C@@H]3CCOC3)cc2)cs1. The molecule has 1 saturated heterocycles. The van der Waals surface area contributed by atoms with Gasteiger partial charge in [-0.15, -0.1) is 11.3 Å². The first-order chi connectivity index (χ1) is 11.2. The summed E-state index contributed by atoms with van der Waals surface area (Å²) in [4.78, 5) is 16.4. The molecule has 1 aliphatic heterocycles. The van der Waals surface area contributed by atoms with Crippen LogP contribution in [-0.2, 0) is 11.3 Å². The normalized spacial score (nSPS) is 17.2. The van der Waals surface area contributed by atoms with Crippen molar-refractivity contribution in [3.8, 4) is 5.75 Å². The summed E-state index contributed by atoms with van der Waals surface area (Å²) in [6.07, 6.45) is 1.02. The van der Waals surface area contributed by atoms with E-state index in [1.165, 1.54) is 0 Å². The largest absolute Gasteiger partial charge is 0.487 e. The van der Waals surface area contributed by atoms with Gasteiger partial charge in [0.1, 0.15) is 12.4 Å². The smallest absolute Gasteiger partial charge is 0.251 e. The zero-order valence-corrected chi connectivity index (χ0v) is 13.9. The Morgan fingerprint density at radius 2 is 2.26 bits per heavy atom. The van der Waals surface area contributed by atoms with E-state index in [2.05, 4.69) is 10.3 Å². The lowest BCUT2D eigenvalue weighted by atomic mass is 10.1. The topological polar surface area (TPSA) is 60.5 Å². The summed E-state index contributed by atoms with van der Waals surface area (Å²) in [5.41, 5.74) is 1.56. The highest BCUT2D eigenvalue weighted by Gasteiger charge is 2.16. The Labute approximate surface area is 139 Å². The van der Waals surface area contributed by atoms with E-state index in [1.54, 1.807) is 23.5 Å². The Bertz CT molecular complexity index is 648. The number of carbonyl (C=O) groups is 1. The van der Waals surface area contributed by atoms with Crippen molar-refractivity contribution in [1.29, 1.82) is 0 Å². The van der Waals surface area contributed by atoms with Gasteiger partial charge in [0, 0.05) is 30.0 Å². The molecule has 0 radical (unpaired) electrons. The lowest BCUT2D eigenvalue weighted by molar-refractivity contribution is 0.0945. The van der Waals surface area contributed by atoms with Gasteiger partial charge in [-0.2, -0.15) is 0 Å². The van der Waals surface area contributed by atoms with E-state index in [0.717, 1.165) is 36.1 Å². The first-order valence-corrected chi connectivity index (χ1v) is 8.58. The van der Waals surface area contributed by atoms with Crippen molar-refractivity contribution >= 4 is 17.2 Å². The third kappa shape index (κ3) is 4.53. The Morgan fingerprint density at radius 1 is 1.43 bits per heavy atom. The summed E-state index contributed by atoms with van der Waals surface area (Å²) in [5.74, 6) is 1.11. The lowest BCUT2D eigenvalue weighted by Crippen LogP contribution is -2.29. The predicted octanol–water partition coefficient (Wildman–Crippen LogP) is 2.80. The van der Waals surface area contributed by atoms with E-state index in [0.29, 0.717) is 24.6 Å².